The molecule has 3 heterocycles. The van der Waals surface area contributed by atoms with Gasteiger partial charge in [0, 0.05) is 31.0 Å². The third kappa shape index (κ3) is 4.54. The van der Waals surface area contributed by atoms with E-state index in [1.54, 1.807) is 17.3 Å². The highest BCUT2D eigenvalue weighted by atomic mass is 32.1. The number of amides is 1. The molecular weight excluding hydrogens is 451 g/mol. The molecule has 0 radical (unpaired) electrons. The number of halogens is 3. The Bertz CT molecular complexity index is 1240. The van der Waals surface area contributed by atoms with Crippen molar-refractivity contribution < 1.29 is 18.0 Å². The Hall–Kier alpha value is -3.84. The molecule has 0 aliphatic carbocycles. The predicted molar refractivity (Wildman–Crippen MR) is 120 cm³/mol. The molecule has 0 saturated carbocycles. The quantitative estimate of drug-likeness (QED) is 0.508. The third-order valence-corrected chi connectivity index (χ3v) is 5.56. The number of aromatic nitrogens is 2. The van der Waals surface area contributed by atoms with Gasteiger partial charge in [-0.15, -0.1) is 0 Å². The first-order valence-electron chi connectivity index (χ1n) is 9.92. The topological polar surface area (TPSA) is 73.1 Å². The van der Waals surface area contributed by atoms with Crippen LogP contribution in [0.5, 0.6) is 0 Å². The maximum absolute atomic E-state index is 13.4. The molecule has 6 nitrogen and oxygen atoms in total. The second kappa shape index (κ2) is 8.96. The van der Waals surface area contributed by atoms with Crippen molar-refractivity contribution in [3.8, 4) is 17.2 Å². The molecule has 1 aliphatic heterocycles. The monoisotopic (exact) mass is 467 g/mol. The molecule has 10 heteroatoms. The Kier molecular flexibility index (Phi) is 6.07. The molecule has 0 bridgehead atoms. The van der Waals surface area contributed by atoms with Crippen molar-refractivity contribution in [1.29, 1.82) is 5.26 Å². The van der Waals surface area contributed by atoms with Crippen LogP contribution in [0.25, 0.3) is 11.1 Å². The molecule has 1 aromatic carbocycles. The number of benzene rings is 1. The number of hydrogen-bond acceptors (Lipinski definition) is 5. The molecule has 33 heavy (non-hydrogen) atoms. The lowest BCUT2D eigenvalue weighted by Gasteiger charge is -2.30. The van der Waals surface area contributed by atoms with Gasteiger partial charge in [0.25, 0.3) is 0 Å². The van der Waals surface area contributed by atoms with Gasteiger partial charge >= 0.3 is 6.18 Å². The number of rotatable bonds is 3. The second-order valence-electron chi connectivity index (χ2n) is 7.25. The molecule has 1 saturated heterocycles. The Morgan fingerprint density at radius 2 is 1.82 bits per heavy atom. The number of nitriles is 1. The van der Waals surface area contributed by atoms with Crippen molar-refractivity contribution >= 4 is 34.6 Å². The van der Waals surface area contributed by atoms with Crippen molar-refractivity contribution in [3.05, 3.63) is 72.3 Å². The van der Waals surface area contributed by atoms with Crippen LogP contribution in [0, 0.1) is 11.3 Å². The van der Waals surface area contributed by atoms with Crippen LogP contribution in [-0.2, 0) is 11.0 Å². The Morgan fingerprint density at radius 3 is 2.45 bits per heavy atom. The maximum atomic E-state index is 13.4. The van der Waals surface area contributed by atoms with Crippen molar-refractivity contribution in [2.24, 2.45) is 0 Å². The van der Waals surface area contributed by atoms with E-state index in [1.807, 2.05) is 36.4 Å². The number of nitrogens with zero attached hydrogens (tertiary/aromatic N) is 5. The molecule has 1 amide bonds. The maximum Gasteiger partial charge on any atom is 0.419 e. The summed E-state index contributed by atoms with van der Waals surface area (Å²) >= 11 is 5.55. The summed E-state index contributed by atoms with van der Waals surface area (Å²) < 4.78 is 40.3. The standard InChI is InChI=1S/C23H16F3N5OS/c24-23(25,26)19-11-18(14-29-20(19)12-27)31-21(32)4-2-10-30(22(31)33)17-7-5-15(6-8-17)16-3-1-9-28-13-16/h1,3,5-9,11,13-14H,2,4,10H2. The van der Waals surface area contributed by atoms with Crippen LogP contribution < -0.4 is 9.80 Å². The normalized spacial score (nSPS) is 14.7. The van der Waals surface area contributed by atoms with E-state index in [1.165, 1.54) is 6.07 Å². The lowest BCUT2D eigenvalue weighted by molar-refractivity contribution is -0.138. The summed E-state index contributed by atoms with van der Waals surface area (Å²) in [5.74, 6) is -0.436. The number of carbonyl (C=O) groups excluding carboxylic acids is 1. The lowest BCUT2D eigenvalue weighted by Crippen LogP contribution is -2.44. The summed E-state index contributed by atoms with van der Waals surface area (Å²) in [6.45, 7) is 0.420. The fraction of sp³-hybridized carbons (Fsp3) is 0.174. The minimum Gasteiger partial charge on any atom is -0.318 e. The van der Waals surface area contributed by atoms with E-state index in [2.05, 4.69) is 9.97 Å². The molecule has 2 aromatic heterocycles. The van der Waals surface area contributed by atoms with E-state index in [0.717, 1.165) is 28.3 Å². The van der Waals surface area contributed by atoms with Gasteiger partial charge in [0.1, 0.15) is 6.07 Å². The Labute approximate surface area is 192 Å². The van der Waals surface area contributed by atoms with Gasteiger partial charge in [-0.1, -0.05) is 18.2 Å². The zero-order valence-corrected chi connectivity index (χ0v) is 17.9. The molecule has 0 unspecified atom stereocenters. The van der Waals surface area contributed by atoms with Crippen LogP contribution in [0.1, 0.15) is 24.1 Å². The molecule has 0 atom stereocenters. The fourth-order valence-electron chi connectivity index (χ4n) is 3.57. The summed E-state index contributed by atoms with van der Waals surface area (Å²) in [5.41, 5.74) is 0.464. The SMILES string of the molecule is N#Cc1ncc(N2C(=O)CCCN(c3ccc(-c4cccnc4)cc3)C2=S)cc1C(F)(F)F. The van der Waals surface area contributed by atoms with Crippen molar-refractivity contribution in [3.63, 3.8) is 0 Å². The number of anilines is 2. The first kappa shape index (κ1) is 22.4. The van der Waals surface area contributed by atoms with Gasteiger partial charge in [0.2, 0.25) is 5.91 Å². The number of hydrogen-bond donors (Lipinski definition) is 0. The molecule has 0 spiro atoms. The summed E-state index contributed by atoms with van der Waals surface area (Å²) in [6, 6.07) is 13.4. The third-order valence-electron chi connectivity index (χ3n) is 5.16. The summed E-state index contributed by atoms with van der Waals surface area (Å²) in [7, 11) is 0. The van der Waals surface area contributed by atoms with Gasteiger partial charge in [0.05, 0.1) is 17.4 Å². The van der Waals surface area contributed by atoms with Gasteiger partial charge in [-0.05, 0) is 54.0 Å². The Balaban J connectivity index is 1.69. The second-order valence-corrected chi connectivity index (χ2v) is 7.62. The number of thiocarbonyl (C=S) groups is 1. The largest absolute Gasteiger partial charge is 0.419 e. The minimum atomic E-state index is -4.80. The molecule has 3 aromatic rings. The van der Waals surface area contributed by atoms with Crippen LogP contribution in [0.15, 0.2) is 61.1 Å². The van der Waals surface area contributed by atoms with E-state index in [-0.39, 0.29) is 17.2 Å². The van der Waals surface area contributed by atoms with E-state index in [9.17, 15) is 18.0 Å². The van der Waals surface area contributed by atoms with Crippen molar-refractivity contribution in [2.75, 3.05) is 16.3 Å². The minimum absolute atomic E-state index is 0.0475. The molecule has 4 rings (SSSR count). The first-order valence-corrected chi connectivity index (χ1v) is 10.3. The smallest absolute Gasteiger partial charge is 0.318 e. The van der Waals surface area contributed by atoms with Crippen LogP contribution >= 0.6 is 12.2 Å². The van der Waals surface area contributed by atoms with Crippen LogP contribution in [0.3, 0.4) is 0 Å². The van der Waals surface area contributed by atoms with Gasteiger partial charge in [-0.3, -0.25) is 14.7 Å². The zero-order valence-electron chi connectivity index (χ0n) is 17.1. The van der Waals surface area contributed by atoms with Gasteiger partial charge in [-0.25, -0.2) is 4.98 Å². The average molecular weight is 467 g/mol. The zero-order chi connectivity index (χ0) is 23.6. The number of alkyl halides is 3. The van der Waals surface area contributed by atoms with E-state index >= 15 is 0 Å². The predicted octanol–water partition coefficient (Wildman–Crippen LogP) is 4.95. The van der Waals surface area contributed by atoms with Gasteiger partial charge < -0.3 is 4.90 Å². The number of carbonyl (C=O) groups is 1. The number of pyridine rings is 2. The molecule has 1 fully saturated rings. The highest BCUT2D eigenvalue weighted by molar-refractivity contribution is 7.81. The molecule has 0 N–H and O–H groups in total. The van der Waals surface area contributed by atoms with Gasteiger partial charge in [0.15, 0.2) is 10.8 Å². The molecular formula is C23H16F3N5OS. The lowest BCUT2D eigenvalue weighted by atomic mass is 10.1. The summed E-state index contributed by atoms with van der Waals surface area (Å²) in [4.78, 5) is 23.3. The first-order chi connectivity index (χ1) is 15.8. The van der Waals surface area contributed by atoms with Gasteiger partial charge in [-0.2, -0.15) is 18.4 Å². The van der Waals surface area contributed by atoms with E-state index < -0.39 is 23.3 Å². The average Bonchev–Trinajstić information content (AvgIpc) is 2.96. The molecule has 166 valence electrons. The summed E-state index contributed by atoms with van der Waals surface area (Å²) in [5, 5.41) is 9.04. The van der Waals surface area contributed by atoms with Crippen LogP contribution in [-0.4, -0.2) is 27.5 Å². The van der Waals surface area contributed by atoms with E-state index in [4.69, 9.17) is 17.5 Å². The van der Waals surface area contributed by atoms with Crippen LogP contribution in [0.4, 0.5) is 24.5 Å². The summed E-state index contributed by atoms with van der Waals surface area (Å²) in [6.07, 6.45) is 0.254. The highest BCUT2D eigenvalue weighted by Gasteiger charge is 2.37. The highest BCUT2D eigenvalue weighted by Crippen LogP contribution is 2.35. The Morgan fingerprint density at radius 1 is 1.06 bits per heavy atom. The van der Waals surface area contributed by atoms with Crippen molar-refractivity contribution in [1.82, 2.24) is 9.97 Å². The van der Waals surface area contributed by atoms with E-state index in [0.29, 0.717) is 18.7 Å². The fourth-order valence-corrected chi connectivity index (χ4v) is 3.97. The van der Waals surface area contributed by atoms with Crippen molar-refractivity contribution in [2.45, 2.75) is 19.0 Å². The van der Waals surface area contributed by atoms with Crippen LogP contribution in [0.2, 0.25) is 0 Å². The molecule has 1 aliphatic rings.